The van der Waals surface area contributed by atoms with Crippen LogP contribution in [0, 0.1) is 0 Å². The minimum absolute atomic E-state index is 0.958. The molecule has 19 heavy (non-hydrogen) atoms. The lowest BCUT2D eigenvalue weighted by Gasteiger charge is -2.24. The van der Waals surface area contributed by atoms with Crippen molar-refractivity contribution in [1.29, 1.82) is 0 Å². The molecule has 0 atom stereocenters. The molecule has 3 nitrogen and oxygen atoms in total. The van der Waals surface area contributed by atoms with E-state index in [1.807, 2.05) is 30.3 Å². The molecule has 0 bridgehead atoms. The Balaban J connectivity index is 2.33. The van der Waals surface area contributed by atoms with Crippen LogP contribution in [0.5, 0.6) is 0 Å². The van der Waals surface area contributed by atoms with Crippen LogP contribution in [0.15, 0.2) is 54.6 Å². The van der Waals surface area contributed by atoms with Gasteiger partial charge in [0.25, 0.3) is 0 Å². The molecule has 0 saturated heterocycles. The predicted octanol–water partition coefficient (Wildman–Crippen LogP) is 2.44. The van der Waals surface area contributed by atoms with Gasteiger partial charge >= 0.3 is 8.80 Å². The van der Waals surface area contributed by atoms with E-state index in [0.717, 1.165) is 10.8 Å². The number of rotatable bonds is 5. The van der Waals surface area contributed by atoms with Gasteiger partial charge in [-0.05, 0) is 11.1 Å². The zero-order valence-electron chi connectivity index (χ0n) is 11.4. The van der Waals surface area contributed by atoms with Crippen molar-refractivity contribution in [3.05, 3.63) is 54.6 Å². The first kappa shape index (κ1) is 14.0. The summed E-state index contributed by atoms with van der Waals surface area (Å²) in [5.41, 5.74) is 2.35. The van der Waals surface area contributed by atoms with Crippen LogP contribution in [0.1, 0.15) is 0 Å². The Morgan fingerprint density at radius 1 is 0.632 bits per heavy atom. The lowest BCUT2D eigenvalue weighted by molar-refractivity contribution is 0.140. The van der Waals surface area contributed by atoms with Crippen LogP contribution in [-0.4, -0.2) is 30.1 Å². The van der Waals surface area contributed by atoms with Crippen LogP contribution >= 0.6 is 0 Å². The smallest absolute Gasteiger partial charge is 0.373 e. The SMILES string of the molecule is CO[Si](OC)(OC)c1ccc(-c2ccccc2)cc1. The maximum atomic E-state index is 5.46. The standard InChI is InChI=1S/C15H18O3Si/c1-16-19(17-2,18-3)15-11-9-14(10-12-15)13-7-5-4-6-8-13/h4-12H,1-3H3. The highest BCUT2D eigenvalue weighted by atomic mass is 28.4. The Morgan fingerprint density at radius 3 is 1.58 bits per heavy atom. The van der Waals surface area contributed by atoms with Crippen LogP contribution in [0.3, 0.4) is 0 Å². The van der Waals surface area contributed by atoms with E-state index in [9.17, 15) is 0 Å². The monoisotopic (exact) mass is 274 g/mol. The molecule has 0 radical (unpaired) electrons. The lowest BCUT2D eigenvalue weighted by atomic mass is 10.1. The fraction of sp³-hybridized carbons (Fsp3) is 0.200. The molecule has 0 saturated carbocycles. The van der Waals surface area contributed by atoms with E-state index < -0.39 is 8.80 Å². The van der Waals surface area contributed by atoms with E-state index >= 15 is 0 Å². The van der Waals surface area contributed by atoms with Gasteiger partial charge in [-0.15, -0.1) is 0 Å². The van der Waals surface area contributed by atoms with Crippen molar-refractivity contribution in [2.75, 3.05) is 21.3 Å². The van der Waals surface area contributed by atoms with E-state index in [2.05, 4.69) is 24.3 Å². The molecule has 2 aromatic carbocycles. The van der Waals surface area contributed by atoms with Gasteiger partial charge in [-0.3, -0.25) is 0 Å². The van der Waals surface area contributed by atoms with Crippen LogP contribution in [0.2, 0.25) is 0 Å². The number of hydrogen-bond acceptors (Lipinski definition) is 3. The van der Waals surface area contributed by atoms with E-state index in [1.165, 1.54) is 5.56 Å². The van der Waals surface area contributed by atoms with E-state index in [4.69, 9.17) is 13.3 Å². The topological polar surface area (TPSA) is 27.7 Å². The molecule has 0 N–H and O–H groups in total. The molecule has 0 aliphatic rings. The Morgan fingerprint density at radius 2 is 1.11 bits per heavy atom. The molecule has 0 spiro atoms. The van der Waals surface area contributed by atoms with Crippen molar-refractivity contribution in [3.63, 3.8) is 0 Å². The second-order valence-electron chi connectivity index (χ2n) is 4.11. The Hall–Kier alpha value is -1.46. The summed E-state index contributed by atoms with van der Waals surface area (Å²) in [6.45, 7) is 0. The van der Waals surface area contributed by atoms with Crippen LogP contribution in [-0.2, 0) is 13.3 Å². The molecule has 0 aromatic heterocycles. The second kappa shape index (κ2) is 6.12. The summed E-state index contributed by atoms with van der Waals surface area (Å²) in [6.07, 6.45) is 0. The fourth-order valence-corrected chi connectivity index (χ4v) is 3.88. The third-order valence-corrected chi connectivity index (χ3v) is 5.80. The first-order chi connectivity index (χ1) is 9.25. The van der Waals surface area contributed by atoms with Gasteiger partial charge in [-0.1, -0.05) is 54.6 Å². The van der Waals surface area contributed by atoms with Gasteiger partial charge in [0, 0.05) is 26.5 Å². The van der Waals surface area contributed by atoms with Crippen LogP contribution in [0.4, 0.5) is 0 Å². The van der Waals surface area contributed by atoms with Gasteiger partial charge < -0.3 is 13.3 Å². The normalized spacial score (nSPS) is 11.5. The molecular formula is C15H18O3Si. The average Bonchev–Trinajstić information content (AvgIpc) is 2.51. The summed E-state index contributed by atoms with van der Waals surface area (Å²) in [6, 6.07) is 18.4. The van der Waals surface area contributed by atoms with Gasteiger partial charge in [0.05, 0.1) is 0 Å². The summed E-state index contributed by atoms with van der Waals surface area (Å²) in [5.74, 6) is 0. The van der Waals surface area contributed by atoms with Gasteiger partial charge in [0.1, 0.15) is 0 Å². The first-order valence-corrected chi connectivity index (χ1v) is 7.79. The van der Waals surface area contributed by atoms with E-state index in [0.29, 0.717) is 0 Å². The highest BCUT2D eigenvalue weighted by molar-refractivity contribution is 6.75. The number of benzene rings is 2. The van der Waals surface area contributed by atoms with Crippen molar-refractivity contribution >= 4 is 14.0 Å². The summed E-state index contributed by atoms with van der Waals surface area (Å²) >= 11 is 0. The molecule has 0 heterocycles. The summed E-state index contributed by atoms with van der Waals surface area (Å²) in [5, 5.41) is 0.958. The average molecular weight is 274 g/mol. The third kappa shape index (κ3) is 2.77. The van der Waals surface area contributed by atoms with Crippen molar-refractivity contribution in [1.82, 2.24) is 0 Å². The lowest BCUT2D eigenvalue weighted by Crippen LogP contribution is -2.54. The highest BCUT2D eigenvalue weighted by Crippen LogP contribution is 2.18. The van der Waals surface area contributed by atoms with Crippen molar-refractivity contribution in [2.24, 2.45) is 0 Å². The highest BCUT2D eigenvalue weighted by Gasteiger charge is 2.40. The molecule has 4 heteroatoms. The summed E-state index contributed by atoms with van der Waals surface area (Å²) < 4.78 is 16.4. The molecule has 2 rings (SSSR count). The molecule has 0 amide bonds. The Kier molecular flexibility index (Phi) is 4.50. The van der Waals surface area contributed by atoms with Gasteiger partial charge in [0.15, 0.2) is 0 Å². The number of hydrogen-bond donors (Lipinski definition) is 0. The van der Waals surface area contributed by atoms with Gasteiger partial charge in [-0.25, -0.2) is 0 Å². The van der Waals surface area contributed by atoms with E-state index in [1.54, 1.807) is 21.3 Å². The molecule has 0 aliphatic heterocycles. The molecular weight excluding hydrogens is 256 g/mol. The molecule has 2 aromatic rings. The maximum Gasteiger partial charge on any atom is 0.536 e. The third-order valence-electron chi connectivity index (χ3n) is 3.15. The van der Waals surface area contributed by atoms with Gasteiger partial charge in [-0.2, -0.15) is 0 Å². The first-order valence-electron chi connectivity index (χ1n) is 6.07. The minimum atomic E-state index is -2.72. The largest absolute Gasteiger partial charge is 0.536 e. The maximum absolute atomic E-state index is 5.46. The fourth-order valence-electron chi connectivity index (χ4n) is 2.10. The van der Waals surface area contributed by atoms with Crippen molar-refractivity contribution < 1.29 is 13.3 Å². The molecule has 0 aliphatic carbocycles. The minimum Gasteiger partial charge on any atom is -0.373 e. The van der Waals surface area contributed by atoms with Crippen LogP contribution < -0.4 is 5.19 Å². The van der Waals surface area contributed by atoms with Crippen molar-refractivity contribution in [2.45, 2.75) is 0 Å². The molecule has 0 unspecified atom stereocenters. The summed E-state index contributed by atoms with van der Waals surface area (Å²) in [4.78, 5) is 0. The van der Waals surface area contributed by atoms with Gasteiger partial charge in [0.2, 0.25) is 0 Å². The summed E-state index contributed by atoms with van der Waals surface area (Å²) in [7, 11) is 2.13. The molecule has 0 fully saturated rings. The predicted molar refractivity (Wildman–Crippen MR) is 78.3 cm³/mol. The zero-order valence-corrected chi connectivity index (χ0v) is 12.4. The second-order valence-corrected chi connectivity index (χ2v) is 7.03. The van der Waals surface area contributed by atoms with Crippen LogP contribution in [0.25, 0.3) is 11.1 Å². The van der Waals surface area contributed by atoms with Crippen molar-refractivity contribution in [3.8, 4) is 11.1 Å². The Bertz CT molecular complexity index is 498. The van der Waals surface area contributed by atoms with E-state index in [-0.39, 0.29) is 0 Å². The Labute approximate surface area is 115 Å². The zero-order chi connectivity index (χ0) is 13.7. The molecule has 100 valence electrons. The quantitative estimate of drug-likeness (QED) is 0.784.